The van der Waals surface area contributed by atoms with E-state index in [-0.39, 0.29) is 5.91 Å². The smallest absolute Gasteiger partial charge is 0.220 e. The summed E-state index contributed by atoms with van der Waals surface area (Å²) in [5, 5.41) is 11.7. The van der Waals surface area contributed by atoms with Gasteiger partial charge in [0.05, 0.1) is 11.6 Å². The van der Waals surface area contributed by atoms with Crippen molar-refractivity contribution in [2.24, 2.45) is 11.7 Å². The fourth-order valence-electron chi connectivity index (χ4n) is 2.40. The van der Waals surface area contributed by atoms with Crippen LogP contribution in [-0.2, 0) is 11.3 Å². The molecule has 1 atom stereocenters. The lowest BCUT2D eigenvalue weighted by Crippen LogP contribution is -2.23. The maximum absolute atomic E-state index is 11.9. The van der Waals surface area contributed by atoms with E-state index in [9.17, 15) is 4.79 Å². The maximum Gasteiger partial charge on any atom is 0.220 e. The summed E-state index contributed by atoms with van der Waals surface area (Å²) in [5.74, 6) is 0.637. The van der Waals surface area contributed by atoms with Crippen LogP contribution in [0.15, 0.2) is 24.3 Å². The molecule has 1 rings (SSSR count). The van der Waals surface area contributed by atoms with Crippen molar-refractivity contribution in [1.29, 1.82) is 5.26 Å². The number of nitrogens with one attached hydrogen (secondary N) is 1. The van der Waals surface area contributed by atoms with E-state index in [0.29, 0.717) is 31.0 Å². The van der Waals surface area contributed by atoms with Crippen LogP contribution in [0.2, 0.25) is 0 Å². The Kier molecular flexibility index (Phi) is 8.15. The van der Waals surface area contributed by atoms with Crippen LogP contribution < -0.4 is 11.1 Å². The SMILES string of the molecule is CCCC(CCN)CCC(=O)NCc1ccc(C#N)cc1. The minimum Gasteiger partial charge on any atom is -0.352 e. The Bertz CT molecular complexity index is 456. The minimum atomic E-state index is 0.0810. The molecule has 1 amide bonds. The molecule has 21 heavy (non-hydrogen) atoms. The summed E-state index contributed by atoms with van der Waals surface area (Å²) >= 11 is 0. The van der Waals surface area contributed by atoms with E-state index >= 15 is 0 Å². The Labute approximate surface area is 127 Å². The molecule has 4 nitrogen and oxygen atoms in total. The molecule has 0 fully saturated rings. The highest BCUT2D eigenvalue weighted by atomic mass is 16.1. The summed E-state index contributed by atoms with van der Waals surface area (Å²) in [5.41, 5.74) is 7.24. The van der Waals surface area contributed by atoms with Crippen LogP contribution in [0, 0.1) is 17.2 Å². The normalized spacial score (nSPS) is 11.7. The van der Waals surface area contributed by atoms with E-state index in [2.05, 4.69) is 18.3 Å². The molecular formula is C17H25N3O. The zero-order valence-electron chi connectivity index (χ0n) is 12.8. The van der Waals surface area contributed by atoms with E-state index in [0.717, 1.165) is 31.2 Å². The summed E-state index contributed by atoms with van der Waals surface area (Å²) in [7, 11) is 0. The van der Waals surface area contributed by atoms with E-state index in [1.165, 1.54) is 0 Å². The molecule has 0 aliphatic rings. The number of rotatable bonds is 9. The molecule has 1 aromatic rings. The monoisotopic (exact) mass is 287 g/mol. The molecule has 1 aromatic carbocycles. The van der Waals surface area contributed by atoms with Gasteiger partial charge < -0.3 is 11.1 Å². The van der Waals surface area contributed by atoms with Gasteiger partial charge in [-0.05, 0) is 43.0 Å². The van der Waals surface area contributed by atoms with E-state index in [1.54, 1.807) is 12.1 Å². The molecule has 0 saturated heterocycles. The van der Waals surface area contributed by atoms with Crippen LogP contribution in [-0.4, -0.2) is 12.5 Å². The summed E-state index contributed by atoms with van der Waals surface area (Å²) in [4.78, 5) is 11.9. The molecule has 4 heteroatoms. The Balaban J connectivity index is 2.31. The van der Waals surface area contributed by atoms with Gasteiger partial charge in [0, 0.05) is 13.0 Å². The van der Waals surface area contributed by atoms with Gasteiger partial charge in [0.25, 0.3) is 0 Å². The zero-order valence-corrected chi connectivity index (χ0v) is 12.8. The van der Waals surface area contributed by atoms with Crippen LogP contribution in [0.3, 0.4) is 0 Å². The summed E-state index contributed by atoms with van der Waals surface area (Å²) < 4.78 is 0. The second kappa shape index (κ2) is 9.95. The Morgan fingerprint density at radius 3 is 2.57 bits per heavy atom. The van der Waals surface area contributed by atoms with Crippen molar-refractivity contribution in [1.82, 2.24) is 5.32 Å². The van der Waals surface area contributed by atoms with Crippen LogP contribution >= 0.6 is 0 Å². The predicted octanol–water partition coefficient (Wildman–Crippen LogP) is 2.72. The lowest BCUT2D eigenvalue weighted by Gasteiger charge is -2.14. The molecule has 0 spiro atoms. The summed E-state index contributed by atoms with van der Waals surface area (Å²) in [6, 6.07) is 9.34. The molecular weight excluding hydrogens is 262 g/mol. The van der Waals surface area contributed by atoms with Crippen LogP contribution in [0.5, 0.6) is 0 Å². The number of nitriles is 1. The lowest BCUT2D eigenvalue weighted by molar-refractivity contribution is -0.121. The van der Waals surface area contributed by atoms with E-state index in [4.69, 9.17) is 11.0 Å². The number of amides is 1. The van der Waals surface area contributed by atoms with Gasteiger partial charge in [-0.25, -0.2) is 0 Å². The van der Waals surface area contributed by atoms with Crippen LogP contribution in [0.25, 0.3) is 0 Å². The Morgan fingerprint density at radius 2 is 2.00 bits per heavy atom. The number of hydrogen-bond acceptors (Lipinski definition) is 3. The fraction of sp³-hybridized carbons (Fsp3) is 0.529. The number of nitrogens with zero attached hydrogens (tertiary/aromatic N) is 1. The second-order valence-electron chi connectivity index (χ2n) is 5.36. The van der Waals surface area contributed by atoms with Crippen molar-refractivity contribution in [2.45, 2.75) is 45.6 Å². The van der Waals surface area contributed by atoms with Gasteiger partial charge in [-0.3, -0.25) is 4.79 Å². The van der Waals surface area contributed by atoms with Crippen molar-refractivity contribution in [3.05, 3.63) is 35.4 Å². The number of nitrogens with two attached hydrogens (primary N) is 1. The molecule has 0 saturated carbocycles. The Hall–Kier alpha value is -1.86. The first-order chi connectivity index (χ1) is 10.2. The largest absolute Gasteiger partial charge is 0.352 e. The first-order valence-corrected chi connectivity index (χ1v) is 7.65. The fourth-order valence-corrected chi connectivity index (χ4v) is 2.40. The number of carbonyl (C=O) groups excluding carboxylic acids is 1. The minimum absolute atomic E-state index is 0.0810. The zero-order chi connectivity index (χ0) is 15.5. The average Bonchev–Trinajstić information content (AvgIpc) is 2.51. The van der Waals surface area contributed by atoms with Gasteiger partial charge in [-0.15, -0.1) is 0 Å². The van der Waals surface area contributed by atoms with Gasteiger partial charge in [-0.2, -0.15) is 5.26 Å². The highest BCUT2D eigenvalue weighted by Crippen LogP contribution is 2.16. The number of benzene rings is 1. The van der Waals surface area contributed by atoms with Gasteiger partial charge in [0.1, 0.15) is 0 Å². The average molecular weight is 287 g/mol. The molecule has 0 heterocycles. The van der Waals surface area contributed by atoms with Crippen molar-refractivity contribution in [3.8, 4) is 6.07 Å². The first-order valence-electron chi connectivity index (χ1n) is 7.65. The predicted molar refractivity (Wildman–Crippen MR) is 84.3 cm³/mol. The maximum atomic E-state index is 11.9. The third-order valence-corrected chi connectivity index (χ3v) is 3.62. The first kappa shape index (κ1) is 17.2. The highest BCUT2D eigenvalue weighted by Gasteiger charge is 2.10. The van der Waals surface area contributed by atoms with Crippen LogP contribution in [0.1, 0.15) is 50.2 Å². The van der Waals surface area contributed by atoms with Gasteiger partial charge in [-0.1, -0.05) is 31.9 Å². The topological polar surface area (TPSA) is 78.9 Å². The number of hydrogen-bond donors (Lipinski definition) is 2. The van der Waals surface area contributed by atoms with E-state index in [1.807, 2.05) is 12.1 Å². The molecule has 0 aromatic heterocycles. The van der Waals surface area contributed by atoms with Gasteiger partial charge >= 0.3 is 0 Å². The summed E-state index contributed by atoms with van der Waals surface area (Å²) in [6.07, 6.45) is 4.74. The molecule has 0 bridgehead atoms. The highest BCUT2D eigenvalue weighted by molar-refractivity contribution is 5.75. The Morgan fingerprint density at radius 1 is 1.29 bits per heavy atom. The quantitative estimate of drug-likeness (QED) is 0.733. The standard InChI is InChI=1S/C17H25N3O/c1-2-3-14(10-11-18)8-9-17(21)20-13-16-6-4-15(12-19)5-7-16/h4-7,14H,2-3,8-11,13,18H2,1H3,(H,20,21). The molecule has 0 radical (unpaired) electrons. The van der Waals surface area contributed by atoms with E-state index < -0.39 is 0 Å². The third-order valence-electron chi connectivity index (χ3n) is 3.62. The second-order valence-corrected chi connectivity index (χ2v) is 5.36. The summed E-state index contributed by atoms with van der Waals surface area (Å²) in [6.45, 7) is 3.37. The van der Waals surface area contributed by atoms with Crippen LogP contribution in [0.4, 0.5) is 0 Å². The molecule has 0 aliphatic heterocycles. The number of carbonyl (C=O) groups is 1. The van der Waals surface area contributed by atoms with Crippen molar-refractivity contribution in [3.63, 3.8) is 0 Å². The molecule has 1 unspecified atom stereocenters. The van der Waals surface area contributed by atoms with Crippen molar-refractivity contribution in [2.75, 3.05) is 6.54 Å². The molecule has 114 valence electrons. The van der Waals surface area contributed by atoms with Gasteiger partial charge in [0.15, 0.2) is 0 Å². The lowest BCUT2D eigenvalue weighted by atomic mass is 9.94. The van der Waals surface area contributed by atoms with Crippen molar-refractivity contribution >= 4 is 5.91 Å². The molecule has 3 N–H and O–H groups in total. The van der Waals surface area contributed by atoms with Crippen molar-refractivity contribution < 1.29 is 4.79 Å². The third kappa shape index (κ3) is 6.92. The molecule has 0 aliphatic carbocycles. The van der Waals surface area contributed by atoms with Gasteiger partial charge in [0.2, 0.25) is 5.91 Å².